The smallest absolute Gasteiger partial charge is 0.0780 e. The molecule has 4 aromatic heterocycles. The topological polar surface area (TPSA) is 35.6 Å². The van der Waals surface area contributed by atoms with E-state index in [4.69, 9.17) is 9.97 Å². The van der Waals surface area contributed by atoms with Crippen LogP contribution in [0.1, 0.15) is 36.8 Å². The first kappa shape index (κ1) is 35.0. The number of aromatic nitrogens is 4. The fourth-order valence-electron chi connectivity index (χ4n) is 10.6. The molecule has 0 spiro atoms. The van der Waals surface area contributed by atoms with E-state index in [0.29, 0.717) is 11.8 Å². The molecule has 12 aromatic rings. The molecule has 0 saturated carbocycles. The normalized spacial score (nSPS) is 14.9. The maximum Gasteiger partial charge on any atom is 0.0780 e. The van der Waals surface area contributed by atoms with Crippen molar-refractivity contribution >= 4 is 65.2 Å². The number of pyridine rings is 2. The van der Waals surface area contributed by atoms with E-state index >= 15 is 0 Å². The molecule has 8 aromatic carbocycles. The molecule has 62 heavy (non-hydrogen) atoms. The molecule has 0 radical (unpaired) electrons. The zero-order valence-corrected chi connectivity index (χ0v) is 34.4. The van der Waals surface area contributed by atoms with Gasteiger partial charge in [-0.3, -0.25) is 9.97 Å². The molecular formula is C58H40N4. The Balaban J connectivity index is 1.08. The lowest BCUT2D eigenvalue weighted by atomic mass is 9.72. The molecule has 1 aliphatic rings. The van der Waals surface area contributed by atoms with E-state index in [-0.39, 0.29) is 0 Å². The van der Waals surface area contributed by atoms with Crippen molar-refractivity contribution in [2.24, 2.45) is 0 Å². The van der Waals surface area contributed by atoms with Crippen LogP contribution in [0.15, 0.2) is 194 Å². The van der Waals surface area contributed by atoms with Gasteiger partial charge >= 0.3 is 0 Å². The molecule has 4 heterocycles. The van der Waals surface area contributed by atoms with E-state index in [9.17, 15) is 0 Å². The second kappa shape index (κ2) is 13.3. The molecular weight excluding hydrogens is 753 g/mol. The molecule has 2 atom stereocenters. The summed E-state index contributed by atoms with van der Waals surface area (Å²) in [5.41, 5.74) is 16.8. The first-order valence-electron chi connectivity index (χ1n) is 21.6. The highest BCUT2D eigenvalue weighted by molar-refractivity contribution is 6.15. The summed E-state index contributed by atoms with van der Waals surface area (Å²) in [4.78, 5) is 9.87. The van der Waals surface area contributed by atoms with Gasteiger partial charge < -0.3 is 9.13 Å². The summed E-state index contributed by atoms with van der Waals surface area (Å²) in [5.74, 6) is 0.602. The highest BCUT2D eigenvalue weighted by Gasteiger charge is 2.31. The molecule has 13 rings (SSSR count). The predicted octanol–water partition coefficient (Wildman–Crippen LogP) is 15.2. The number of benzene rings is 8. The predicted molar refractivity (Wildman–Crippen MR) is 259 cm³/mol. The summed E-state index contributed by atoms with van der Waals surface area (Å²) < 4.78 is 4.91. The third-order valence-electron chi connectivity index (χ3n) is 13.8. The molecule has 2 unspecified atom stereocenters. The highest BCUT2D eigenvalue weighted by Crippen LogP contribution is 2.51. The minimum Gasteiger partial charge on any atom is -0.309 e. The van der Waals surface area contributed by atoms with Crippen LogP contribution >= 0.6 is 0 Å². The lowest BCUT2D eigenvalue weighted by molar-refractivity contribution is 0.617. The molecule has 0 fully saturated rings. The van der Waals surface area contributed by atoms with Crippen LogP contribution < -0.4 is 0 Å². The third-order valence-corrected chi connectivity index (χ3v) is 13.8. The quantitative estimate of drug-likeness (QED) is 0.178. The maximum absolute atomic E-state index is 4.94. The van der Waals surface area contributed by atoms with Crippen molar-refractivity contribution in [1.29, 1.82) is 0 Å². The Morgan fingerprint density at radius 3 is 1.21 bits per heavy atom. The average molecular weight is 793 g/mol. The molecule has 0 aliphatic heterocycles. The highest BCUT2D eigenvalue weighted by atomic mass is 15.0. The summed E-state index contributed by atoms with van der Waals surface area (Å²) in [6, 6.07) is 66.8. The van der Waals surface area contributed by atoms with Crippen LogP contribution in [0.4, 0.5) is 0 Å². The van der Waals surface area contributed by atoms with E-state index in [1.165, 1.54) is 87.4 Å². The summed E-state index contributed by atoms with van der Waals surface area (Å²) in [6.07, 6.45) is 3.86. The molecule has 1 aliphatic carbocycles. The van der Waals surface area contributed by atoms with Crippen molar-refractivity contribution < 1.29 is 0 Å². The van der Waals surface area contributed by atoms with Crippen molar-refractivity contribution in [2.45, 2.75) is 25.7 Å². The van der Waals surface area contributed by atoms with Gasteiger partial charge in [0.05, 0.1) is 33.5 Å². The van der Waals surface area contributed by atoms with Gasteiger partial charge in [-0.1, -0.05) is 111 Å². The molecule has 0 amide bonds. The molecule has 4 nitrogen and oxygen atoms in total. The van der Waals surface area contributed by atoms with Gasteiger partial charge in [0.2, 0.25) is 0 Å². The van der Waals surface area contributed by atoms with Gasteiger partial charge in [-0.05, 0) is 130 Å². The van der Waals surface area contributed by atoms with Crippen molar-refractivity contribution in [1.82, 2.24) is 19.1 Å². The van der Waals surface area contributed by atoms with Crippen molar-refractivity contribution in [3.8, 4) is 45.0 Å². The van der Waals surface area contributed by atoms with E-state index < -0.39 is 0 Å². The number of fused-ring (bicyclic) bond motifs is 11. The van der Waals surface area contributed by atoms with Crippen LogP contribution in [0.2, 0.25) is 0 Å². The Labute approximate surface area is 359 Å². The zero-order chi connectivity index (χ0) is 41.1. The molecule has 292 valence electrons. The number of hydrogen-bond donors (Lipinski definition) is 0. The Morgan fingerprint density at radius 2 is 0.758 bits per heavy atom. The van der Waals surface area contributed by atoms with Gasteiger partial charge in [-0.15, -0.1) is 0 Å². The van der Waals surface area contributed by atoms with Crippen molar-refractivity contribution in [3.05, 3.63) is 206 Å². The molecule has 0 saturated heterocycles. The number of para-hydroxylation sites is 2. The molecule has 0 N–H and O–H groups in total. The standard InChI is InChI=1S/C58H40N4/c1-35-36(2)46-32-52-50-30-40(58-44-20-12-10-14-38(44)26-28-60-58)22-24-54(50)62(42-17-7-4-8-18-42)56(52)34-48(46)47-33-55-51(31-45(35)47)49-29-39(57-43-19-11-9-13-37(43)25-27-59-57)21-23-53(49)61(55)41-15-5-3-6-16-41/h3-36H,1-2H3. The summed E-state index contributed by atoms with van der Waals surface area (Å²) in [5, 5.41) is 9.73. The fourth-order valence-corrected chi connectivity index (χ4v) is 10.6. The first-order valence-corrected chi connectivity index (χ1v) is 21.6. The second-order valence-corrected chi connectivity index (χ2v) is 17.1. The summed E-state index contributed by atoms with van der Waals surface area (Å²) in [6.45, 7) is 4.84. The van der Waals surface area contributed by atoms with Crippen LogP contribution in [0.3, 0.4) is 0 Å². The van der Waals surface area contributed by atoms with E-state index in [0.717, 1.165) is 33.9 Å². The number of nitrogens with zero attached hydrogens (tertiary/aromatic N) is 4. The summed E-state index contributed by atoms with van der Waals surface area (Å²) in [7, 11) is 0. The van der Waals surface area contributed by atoms with Gasteiger partial charge in [-0.2, -0.15) is 0 Å². The minimum absolute atomic E-state index is 0.301. The Kier molecular flexibility index (Phi) is 7.53. The van der Waals surface area contributed by atoms with Gasteiger partial charge in [0.25, 0.3) is 0 Å². The van der Waals surface area contributed by atoms with Crippen LogP contribution in [-0.4, -0.2) is 19.1 Å². The van der Waals surface area contributed by atoms with Gasteiger partial charge in [0.15, 0.2) is 0 Å². The van der Waals surface area contributed by atoms with Crippen LogP contribution in [0.25, 0.3) is 110 Å². The van der Waals surface area contributed by atoms with Crippen LogP contribution in [0.5, 0.6) is 0 Å². The monoisotopic (exact) mass is 792 g/mol. The Bertz CT molecular complexity index is 3520. The fraction of sp³-hybridized carbons (Fsp3) is 0.0690. The van der Waals surface area contributed by atoms with Gasteiger partial charge in [0.1, 0.15) is 0 Å². The minimum atomic E-state index is 0.301. The lowest BCUT2D eigenvalue weighted by Crippen LogP contribution is -2.13. The van der Waals surface area contributed by atoms with E-state index in [1.807, 2.05) is 12.4 Å². The average Bonchev–Trinajstić information content (AvgIpc) is 3.83. The van der Waals surface area contributed by atoms with Crippen LogP contribution in [-0.2, 0) is 0 Å². The molecule has 0 bridgehead atoms. The third kappa shape index (κ3) is 5.07. The number of rotatable bonds is 4. The number of hydrogen-bond acceptors (Lipinski definition) is 2. The second-order valence-electron chi connectivity index (χ2n) is 17.1. The first-order chi connectivity index (χ1) is 30.6. The maximum atomic E-state index is 4.94. The van der Waals surface area contributed by atoms with Gasteiger partial charge in [0, 0.05) is 67.2 Å². The largest absolute Gasteiger partial charge is 0.309 e. The molecule has 4 heteroatoms. The lowest BCUT2D eigenvalue weighted by Gasteiger charge is -2.32. The van der Waals surface area contributed by atoms with Crippen molar-refractivity contribution in [2.75, 3.05) is 0 Å². The van der Waals surface area contributed by atoms with Gasteiger partial charge in [-0.25, -0.2) is 0 Å². The summed E-state index contributed by atoms with van der Waals surface area (Å²) >= 11 is 0. The van der Waals surface area contributed by atoms with Crippen molar-refractivity contribution in [3.63, 3.8) is 0 Å². The Hall–Kier alpha value is -7.82. The van der Waals surface area contributed by atoms with E-state index in [1.54, 1.807) is 0 Å². The van der Waals surface area contributed by atoms with E-state index in [2.05, 4.69) is 205 Å². The SMILES string of the molecule is CC1c2cc3c4cc(-c5nccc6ccccc56)ccc4n(-c4ccccc4)c3cc2-c2cc3c(cc2C1C)c1cc(-c2nccc4ccccc24)ccc1n3-c1ccccc1. The Morgan fingerprint density at radius 1 is 0.355 bits per heavy atom. The van der Waals surface area contributed by atoms with Crippen LogP contribution in [0, 0.1) is 0 Å². The zero-order valence-electron chi connectivity index (χ0n) is 34.4.